The minimum absolute atomic E-state index is 0.232. The third-order valence-electron chi connectivity index (χ3n) is 6.19. The van der Waals surface area contributed by atoms with E-state index in [1.165, 1.54) is 89.9 Å². The number of hydrogen-bond donors (Lipinski definition) is 1. The molecule has 1 amide bonds. The van der Waals surface area contributed by atoms with Gasteiger partial charge in [-0.05, 0) is 27.2 Å². The topological polar surface area (TPSA) is 29.1 Å². The Kier molecular flexibility index (Phi) is 18.4. The number of carbonyl (C=O) groups is 1. The summed E-state index contributed by atoms with van der Waals surface area (Å²) in [6.07, 6.45) is 21.2. The SMILES string of the molecule is CCCCCCCCCCCCCCCCCC(=O)N[N+](CC)(CC)CC. The van der Waals surface area contributed by atoms with Crippen molar-refractivity contribution in [2.75, 3.05) is 19.6 Å². The van der Waals surface area contributed by atoms with E-state index < -0.39 is 0 Å². The molecule has 0 heterocycles. The highest BCUT2D eigenvalue weighted by atomic mass is 16.2. The molecule has 0 aliphatic rings. The maximum absolute atomic E-state index is 12.1. The number of unbranched alkanes of at least 4 members (excludes halogenated alkanes) is 14. The van der Waals surface area contributed by atoms with Crippen LogP contribution in [0.25, 0.3) is 0 Å². The van der Waals surface area contributed by atoms with E-state index in [-0.39, 0.29) is 5.91 Å². The summed E-state index contributed by atoms with van der Waals surface area (Å²) in [6, 6.07) is 0. The second kappa shape index (κ2) is 18.8. The van der Waals surface area contributed by atoms with E-state index in [0.29, 0.717) is 6.42 Å². The Hall–Kier alpha value is -0.570. The number of quaternary nitrogens is 1. The lowest BCUT2D eigenvalue weighted by atomic mass is 10.0. The average Bonchev–Trinajstić information content (AvgIpc) is 2.69. The molecule has 0 atom stereocenters. The van der Waals surface area contributed by atoms with Crippen molar-refractivity contribution in [2.45, 2.75) is 130 Å². The zero-order valence-corrected chi connectivity index (χ0v) is 19.3. The molecule has 0 aliphatic heterocycles. The quantitative estimate of drug-likeness (QED) is 0.135. The molecule has 0 aromatic rings. The monoisotopic (exact) mass is 383 g/mol. The van der Waals surface area contributed by atoms with Gasteiger partial charge in [-0.15, -0.1) is 0 Å². The Morgan fingerprint density at radius 3 is 1.22 bits per heavy atom. The van der Waals surface area contributed by atoms with Crippen molar-refractivity contribution in [1.82, 2.24) is 5.43 Å². The molecule has 0 aromatic carbocycles. The normalized spacial score (nSPS) is 11.7. The highest BCUT2D eigenvalue weighted by Gasteiger charge is 2.23. The van der Waals surface area contributed by atoms with Crippen LogP contribution < -0.4 is 5.43 Å². The second-order valence-electron chi connectivity index (χ2n) is 8.33. The van der Waals surface area contributed by atoms with Crippen molar-refractivity contribution in [3.8, 4) is 0 Å². The van der Waals surface area contributed by atoms with Crippen molar-refractivity contribution < 1.29 is 9.39 Å². The zero-order chi connectivity index (χ0) is 20.2. The number of rotatable bonds is 20. The van der Waals surface area contributed by atoms with Gasteiger partial charge in [0.2, 0.25) is 0 Å². The lowest BCUT2D eigenvalue weighted by Crippen LogP contribution is -2.59. The predicted octanol–water partition coefficient (Wildman–Crippen LogP) is 7.16. The Labute approximate surface area is 171 Å². The summed E-state index contributed by atoms with van der Waals surface area (Å²) in [7, 11) is 0. The van der Waals surface area contributed by atoms with Gasteiger partial charge in [0.05, 0.1) is 19.6 Å². The van der Waals surface area contributed by atoms with Crippen LogP contribution in [0.5, 0.6) is 0 Å². The van der Waals surface area contributed by atoms with Crippen molar-refractivity contribution in [1.29, 1.82) is 0 Å². The van der Waals surface area contributed by atoms with Crippen LogP contribution in [-0.2, 0) is 4.79 Å². The third-order valence-corrected chi connectivity index (χ3v) is 6.19. The molecule has 0 aromatic heterocycles. The van der Waals surface area contributed by atoms with Gasteiger partial charge in [-0.25, -0.2) is 10.0 Å². The van der Waals surface area contributed by atoms with E-state index in [0.717, 1.165) is 30.6 Å². The van der Waals surface area contributed by atoms with Gasteiger partial charge in [-0.3, -0.25) is 4.79 Å². The summed E-state index contributed by atoms with van der Waals surface area (Å²) in [4.78, 5) is 12.1. The van der Waals surface area contributed by atoms with Crippen molar-refractivity contribution in [3.05, 3.63) is 0 Å². The van der Waals surface area contributed by atoms with Crippen molar-refractivity contribution >= 4 is 5.91 Å². The predicted molar refractivity (Wildman–Crippen MR) is 120 cm³/mol. The van der Waals surface area contributed by atoms with Crippen molar-refractivity contribution in [2.24, 2.45) is 0 Å². The minimum Gasteiger partial charge on any atom is -0.270 e. The van der Waals surface area contributed by atoms with Gasteiger partial charge in [-0.1, -0.05) is 96.8 Å². The van der Waals surface area contributed by atoms with E-state index in [1.54, 1.807) is 0 Å². The summed E-state index contributed by atoms with van der Waals surface area (Å²) in [6.45, 7) is 11.7. The van der Waals surface area contributed by atoms with Gasteiger partial charge < -0.3 is 0 Å². The third kappa shape index (κ3) is 15.1. The van der Waals surface area contributed by atoms with E-state index in [2.05, 4.69) is 33.1 Å². The largest absolute Gasteiger partial charge is 0.270 e. The number of nitrogens with zero attached hydrogens (tertiary/aromatic N) is 1. The Bertz CT molecular complexity index is 318. The summed E-state index contributed by atoms with van der Waals surface area (Å²) < 4.78 is 0.720. The standard InChI is InChI=1S/C24H50N2O/c1-5-9-10-11-12-13-14-15-16-17-18-19-20-21-22-23-24(27)25-26(6-2,7-3)8-4/h5-23H2,1-4H3/p+1. The highest BCUT2D eigenvalue weighted by Crippen LogP contribution is 2.13. The molecule has 0 fully saturated rings. The fourth-order valence-corrected chi connectivity index (χ4v) is 3.89. The van der Waals surface area contributed by atoms with Crippen LogP contribution in [-0.4, -0.2) is 30.1 Å². The molecule has 0 saturated carbocycles. The summed E-state index contributed by atoms with van der Waals surface area (Å²) >= 11 is 0. The van der Waals surface area contributed by atoms with Gasteiger partial charge in [0.1, 0.15) is 0 Å². The van der Waals surface area contributed by atoms with Gasteiger partial charge in [0.15, 0.2) is 0 Å². The maximum atomic E-state index is 12.1. The average molecular weight is 384 g/mol. The Morgan fingerprint density at radius 1 is 0.556 bits per heavy atom. The molecule has 0 spiro atoms. The van der Waals surface area contributed by atoms with Crippen molar-refractivity contribution in [3.63, 3.8) is 0 Å². The number of amides is 1. The van der Waals surface area contributed by atoms with Crippen LogP contribution in [0.15, 0.2) is 0 Å². The number of carbonyl (C=O) groups excluding carboxylic acids is 1. The smallest absolute Gasteiger partial charge is 0.264 e. The molecule has 1 N–H and O–H groups in total. The Balaban J connectivity index is 3.37. The molecular formula is C24H51N2O+. The lowest BCUT2D eigenvalue weighted by molar-refractivity contribution is -0.956. The molecule has 3 nitrogen and oxygen atoms in total. The molecule has 0 aliphatic carbocycles. The molecule has 0 saturated heterocycles. The number of nitrogens with one attached hydrogen (secondary N) is 1. The van der Waals surface area contributed by atoms with Gasteiger partial charge in [0.25, 0.3) is 5.91 Å². The first-order valence-electron chi connectivity index (χ1n) is 12.3. The fourth-order valence-electron chi connectivity index (χ4n) is 3.89. The first-order valence-corrected chi connectivity index (χ1v) is 12.3. The molecule has 3 heteroatoms. The molecular weight excluding hydrogens is 332 g/mol. The van der Waals surface area contributed by atoms with E-state index in [9.17, 15) is 4.79 Å². The lowest BCUT2D eigenvalue weighted by Gasteiger charge is -2.34. The van der Waals surface area contributed by atoms with E-state index in [4.69, 9.17) is 0 Å². The maximum Gasteiger partial charge on any atom is 0.264 e. The molecule has 162 valence electrons. The van der Waals surface area contributed by atoms with E-state index >= 15 is 0 Å². The molecule has 0 radical (unpaired) electrons. The Morgan fingerprint density at radius 2 is 0.889 bits per heavy atom. The fraction of sp³-hybridized carbons (Fsp3) is 0.958. The van der Waals surface area contributed by atoms with Gasteiger partial charge in [0, 0.05) is 6.42 Å². The summed E-state index contributed by atoms with van der Waals surface area (Å²) in [5, 5.41) is 0. The molecule has 0 unspecified atom stereocenters. The molecule has 0 bridgehead atoms. The highest BCUT2D eigenvalue weighted by molar-refractivity contribution is 5.74. The molecule has 27 heavy (non-hydrogen) atoms. The number of hydrogen-bond acceptors (Lipinski definition) is 1. The summed E-state index contributed by atoms with van der Waals surface area (Å²) in [5.41, 5.74) is 3.23. The van der Waals surface area contributed by atoms with Gasteiger partial charge in [-0.2, -0.15) is 0 Å². The van der Waals surface area contributed by atoms with Gasteiger partial charge >= 0.3 is 0 Å². The second-order valence-corrected chi connectivity index (χ2v) is 8.33. The first kappa shape index (κ1) is 26.4. The zero-order valence-electron chi connectivity index (χ0n) is 19.3. The summed E-state index contributed by atoms with van der Waals surface area (Å²) in [5.74, 6) is 0.232. The van der Waals surface area contributed by atoms with E-state index in [1.807, 2.05) is 0 Å². The van der Waals surface area contributed by atoms with Crippen LogP contribution in [0.1, 0.15) is 130 Å². The van der Waals surface area contributed by atoms with Crippen LogP contribution in [0.4, 0.5) is 0 Å². The van der Waals surface area contributed by atoms with Crippen LogP contribution in [0.3, 0.4) is 0 Å². The first-order chi connectivity index (χ1) is 13.1. The van der Waals surface area contributed by atoms with Crippen LogP contribution >= 0.6 is 0 Å². The molecule has 0 rings (SSSR count). The minimum atomic E-state index is 0.232. The van der Waals surface area contributed by atoms with Crippen LogP contribution in [0.2, 0.25) is 0 Å². The van der Waals surface area contributed by atoms with Crippen LogP contribution in [0, 0.1) is 0 Å².